The van der Waals surface area contributed by atoms with E-state index in [1.807, 2.05) is 0 Å². The van der Waals surface area contributed by atoms with E-state index in [4.69, 9.17) is 5.11 Å². The lowest BCUT2D eigenvalue weighted by Crippen LogP contribution is -2.19. The molecule has 0 unspecified atom stereocenters. The van der Waals surface area contributed by atoms with Crippen molar-refractivity contribution in [2.75, 3.05) is 0 Å². The van der Waals surface area contributed by atoms with Crippen LogP contribution >= 0.6 is 11.3 Å². The summed E-state index contributed by atoms with van der Waals surface area (Å²) in [5, 5.41) is 8.72. The highest BCUT2D eigenvalue weighted by Crippen LogP contribution is 2.26. The molecular formula is C12H10FNO3S. The molecule has 1 aromatic carbocycles. The van der Waals surface area contributed by atoms with Gasteiger partial charge in [0.15, 0.2) is 0 Å². The van der Waals surface area contributed by atoms with Crippen LogP contribution in [-0.2, 0) is 11.3 Å². The van der Waals surface area contributed by atoms with Gasteiger partial charge in [0.2, 0.25) is 0 Å². The topological polar surface area (TPSA) is 59.3 Å². The zero-order chi connectivity index (χ0) is 13.3. The SMILES string of the molecule is Cc1c(-c2cccc(F)c2)sc(=O)n1CC(=O)O. The van der Waals surface area contributed by atoms with Crippen molar-refractivity contribution in [1.82, 2.24) is 4.57 Å². The minimum absolute atomic E-state index is 0.353. The second kappa shape index (κ2) is 4.73. The van der Waals surface area contributed by atoms with Crippen molar-refractivity contribution in [3.63, 3.8) is 0 Å². The monoisotopic (exact) mass is 267 g/mol. The third-order valence-corrected chi connectivity index (χ3v) is 3.65. The second-order valence-corrected chi connectivity index (χ2v) is 4.73. The summed E-state index contributed by atoms with van der Waals surface area (Å²) in [7, 11) is 0. The second-order valence-electron chi connectivity index (χ2n) is 3.77. The normalized spacial score (nSPS) is 10.6. The van der Waals surface area contributed by atoms with Gasteiger partial charge in [0.05, 0.1) is 4.88 Å². The summed E-state index contributed by atoms with van der Waals surface area (Å²) in [6, 6.07) is 5.88. The van der Waals surface area contributed by atoms with Crippen molar-refractivity contribution in [3.05, 3.63) is 45.4 Å². The van der Waals surface area contributed by atoms with Crippen molar-refractivity contribution >= 4 is 17.3 Å². The molecular weight excluding hydrogens is 257 g/mol. The minimum Gasteiger partial charge on any atom is -0.480 e. The Hall–Kier alpha value is -1.95. The Balaban J connectivity index is 2.54. The highest BCUT2D eigenvalue weighted by Gasteiger charge is 2.14. The molecule has 0 radical (unpaired) electrons. The lowest BCUT2D eigenvalue weighted by Gasteiger charge is -2.02. The molecule has 18 heavy (non-hydrogen) atoms. The first-order chi connectivity index (χ1) is 8.49. The lowest BCUT2D eigenvalue weighted by molar-refractivity contribution is -0.137. The summed E-state index contributed by atoms with van der Waals surface area (Å²) >= 11 is 0.922. The summed E-state index contributed by atoms with van der Waals surface area (Å²) in [5.74, 6) is -1.47. The quantitative estimate of drug-likeness (QED) is 0.926. The molecule has 0 amide bonds. The van der Waals surface area contributed by atoms with E-state index in [1.54, 1.807) is 19.1 Å². The molecule has 2 aromatic rings. The van der Waals surface area contributed by atoms with Crippen LogP contribution in [0.25, 0.3) is 10.4 Å². The van der Waals surface area contributed by atoms with Gasteiger partial charge < -0.3 is 5.11 Å². The van der Waals surface area contributed by atoms with Gasteiger partial charge in [-0.2, -0.15) is 0 Å². The van der Waals surface area contributed by atoms with Gasteiger partial charge in [0.1, 0.15) is 12.4 Å². The average Bonchev–Trinajstić information content (AvgIpc) is 2.56. The van der Waals surface area contributed by atoms with Crippen molar-refractivity contribution in [2.24, 2.45) is 0 Å². The van der Waals surface area contributed by atoms with Crippen LogP contribution in [0.3, 0.4) is 0 Å². The zero-order valence-electron chi connectivity index (χ0n) is 9.51. The maximum absolute atomic E-state index is 13.1. The van der Waals surface area contributed by atoms with E-state index in [-0.39, 0.29) is 11.4 Å². The molecule has 0 bridgehead atoms. The van der Waals surface area contributed by atoms with Gasteiger partial charge in [-0.1, -0.05) is 23.5 Å². The van der Waals surface area contributed by atoms with Gasteiger partial charge in [-0.25, -0.2) is 4.39 Å². The number of hydrogen-bond acceptors (Lipinski definition) is 3. The number of carbonyl (C=O) groups is 1. The molecule has 4 nitrogen and oxygen atoms in total. The molecule has 0 atom stereocenters. The maximum Gasteiger partial charge on any atom is 0.323 e. The lowest BCUT2D eigenvalue weighted by atomic mass is 10.1. The fourth-order valence-corrected chi connectivity index (χ4v) is 2.68. The molecule has 1 N–H and O–H groups in total. The largest absolute Gasteiger partial charge is 0.480 e. The predicted octanol–water partition coefficient (Wildman–Crippen LogP) is 2.11. The summed E-state index contributed by atoms with van der Waals surface area (Å²) in [6.07, 6.45) is 0. The molecule has 94 valence electrons. The van der Waals surface area contributed by atoms with Crippen molar-refractivity contribution < 1.29 is 14.3 Å². The Labute approximate surface area is 106 Å². The number of benzene rings is 1. The molecule has 0 aliphatic rings. The highest BCUT2D eigenvalue weighted by atomic mass is 32.1. The van der Waals surface area contributed by atoms with Crippen LogP contribution in [0.15, 0.2) is 29.1 Å². The standard InChI is InChI=1S/C12H10FNO3S/c1-7-11(8-3-2-4-9(13)5-8)18-12(17)14(7)6-10(15)16/h2-5H,6H2,1H3,(H,15,16). The van der Waals surface area contributed by atoms with Crippen molar-refractivity contribution in [1.29, 1.82) is 0 Å². The Morgan fingerprint density at radius 2 is 2.22 bits per heavy atom. The van der Waals surface area contributed by atoms with Crippen molar-refractivity contribution in [3.8, 4) is 10.4 Å². The molecule has 1 aromatic heterocycles. The van der Waals surface area contributed by atoms with E-state index in [2.05, 4.69) is 0 Å². The Kier molecular flexibility index (Phi) is 3.29. The van der Waals surface area contributed by atoms with Gasteiger partial charge in [-0.05, 0) is 24.6 Å². The third-order valence-electron chi connectivity index (χ3n) is 2.52. The number of carboxylic acid groups (broad SMARTS) is 1. The van der Waals surface area contributed by atoms with E-state index >= 15 is 0 Å². The molecule has 6 heteroatoms. The van der Waals surface area contributed by atoms with E-state index in [9.17, 15) is 14.0 Å². The van der Waals surface area contributed by atoms with Crippen LogP contribution in [0.5, 0.6) is 0 Å². The Bertz CT molecular complexity index is 660. The summed E-state index contributed by atoms with van der Waals surface area (Å²) in [6.45, 7) is 1.28. The van der Waals surface area contributed by atoms with Gasteiger partial charge in [0.25, 0.3) is 0 Å². The van der Waals surface area contributed by atoms with Gasteiger partial charge in [0, 0.05) is 5.69 Å². The minimum atomic E-state index is -1.08. The van der Waals surface area contributed by atoms with Gasteiger partial charge in [-0.15, -0.1) is 0 Å². The average molecular weight is 267 g/mol. The van der Waals surface area contributed by atoms with E-state index in [1.165, 1.54) is 16.7 Å². The van der Waals surface area contributed by atoms with E-state index < -0.39 is 11.8 Å². The first-order valence-corrected chi connectivity index (χ1v) is 5.98. The fourth-order valence-electron chi connectivity index (χ4n) is 1.69. The highest BCUT2D eigenvalue weighted by molar-refractivity contribution is 7.13. The Morgan fingerprint density at radius 3 is 2.83 bits per heavy atom. The van der Waals surface area contributed by atoms with Crippen LogP contribution < -0.4 is 4.87 Å². The van der Waals surface area contributed by atoms with Crippen LogP contribution in [0.2, 0.25) is 0 Å². The van der Waals surface area contributed by atoms with E-state index in [0.717, 1.165) is 11.3 Å². The summed E-state index contributed by atoms with van der Waals surface area (Å²) in [5.41, 5.74) is 1.12. The number of rotatable bonds is 3. The van der Waals surface area contributed by atoms with E-state index in [0.29, 0.717) is 16.1 Å². The van der Waals surface area contributed by atoms with Crippen LogP contribution in [-0.4, -0.2) is 15.6 Å². The fraction of sp³-hybridized carbons (Fsp3) is 0.167. The third kappa shape index (κ3) is 2.33. The van der Waals surface area contributed by atoms with Gasteiger partial charge >= 0.3 is 10.8 Å². The predicted molar refractivity (Wildman–Crippen MR) is 66.3 cm³/mol. The van der Waals surface area contributed by atoms with Gasteiger partial charge in [-0.3, -0.25) is 14.2 Å². The van der Waals surface area contributed by atoms with Crippen molar-refractivity contribution in [2.45, 2.75) is 13.5 Å². The zero-order valence-corrected chi connectivity index (χ0v) is 10.3. The molecule has 0 spiro atoms. The number of nitrogens with zero attached hydrogens (tertiary/aromatic N) is 1. The molecule has 1 heterocycles. The molecule has 0 aliphatic heterocycles. The summed E-state index contributed by atoms with van der Waals surface area (Å²) < 4.78 is 14.3. The molecule has 0 fully saturated rings. The maximum atomic E-state index is 13.1. The number of hydrogen-bond donors (Lipinski definition) is 1. The smallest absolute Gasteiger partial charge is 0.323 e. The number of thiazole rings is 1. The molecule has 0 saturated heterocycles. The molecule has 0 saturated carbocycles. The number of aromatic nitrogens is 1. The first-order valence-electron chi connectivity index (χ1n) is 5.17. The number of carboxylic acids is 1. The first kappa shape index (κ1) is 12.5. The Morgan fingerprint density at radius 1 is 1.50 bits per heavy atom. The summed E-state index contributed by atoms with van der Waals surface area (Å²) in [4.78, 5) is 22.6. The van der Waals surface area contributed by atoms with Crippen LogP contribution in [0.4, 0.5) is 4.39 Å². The van der Waals surface area contributed by atoms with Crippen LogP contribution in [0.1, 0.15) is 5.69 Å². The molecule has 2 rings (SSSR count). The van der Waals surface area contributed by atoms with Crippen LogP contribution in [0, 0.1) is 12.7 Å². The molecule has 0 aliphatic carbocycles. The number of aliphatic carboxylic acids is 1. The number of halogens is 1.